The number of aryl methyl sites for hydroxylation is 2. The van der Waals surface area contributed by atoms with Gasteiger partial charge in [0, 0.05) is 10.4 Å². The zero-order chi connectivity index (χ0) is 19.4. The second-order valence-corrected chi connectivity index (χ2v) is 7.42. The first-order valence-corrected chi connectivity index (χ1v) is 9.44. The number of thiazole rings is 1. The van der Waals surface area contributed by atoms with Gasteiger partial charge in [0.15, 0.2) is 11.2 Å². The SMILES string of the molecule is COc1ccc(-c2nc(NC(=O)[C@@H](C)Oc3cccc(C)c3)sc2C)cc1. The predicted molar refractivity (Wildman–Crippen MR) is 109 cm³/mol. The van der Waals surface area contributed by atoms with Crippen LogP contribution in [-0.4, -0.2) is 24.1 Å². The number of aromatic nitrogens is 1. The van der Waals surface area contributed by atoms with Crippen molar-refractivity contribution in [2.24, 2.45) is 0 Å². The number of ether oxygens (including phenoxy) is 2. The third kappa shape index (κ3) is 4.65. The molecule has 1 heterocycles. The molecule has 0 fully saturated rings. The van der Waals surface area contributed by atoms with Crippen molar-refractivity contribution >= 4 is 22.4 Å². The second kappa shape index (κ2) is 8.22. The van der Waals surface area contributed by atoms with Crippen LogP contribution in [0.1, 0.15) is 17.4 Å². The van der Waals surface area contributed by atoms with Gasteiger partial charge in [0.2, 0.25) is 0 Å². The molecule has 2 aromatic carbocycles. The molecule has 0 bridgehead atoms. The molecule has 1 N–H and O–H groups in total. The molecule has 0 radical (unpaired) electrons. The molecule has 0 aliphatic rings. The van der Waals surface area contributed by atoms with E-state index in [1.165, 1.54) is 11.3 Å². The van der Waals surface area contributed by atoms with Gasteiger partial charge >= 0.3 is 0 Å². The molecule has 1 aromatic heterocycles. The maximum atomic E-state index is 12.5. The van der Waals surface area contributed by atoms with E-state index in [9.17, 15) is 4.79 Å². The van der Waals surface area contributed by atoms with Crippen molar-refractivity contribution in [2.45, 2.75) is 26.9 Å². The normalized spacial score (nSPS) is 11.7. The molecule has 27 heavy (non-hydrogen) atoms. The van der Waals surface area contributed by atoms with Gasteiger partial charge in [-0.15, -0.1) is 11.3 Å². The Morgan fingerprint density at radius 3 is 2.52 bits per heavy atom. The zero-order valence-electron chi connectivity index (χ0n) is 15.8. The van der Waals surface area contributed by atoms with E-state index in [2.05, 4.69) is 10.3 Å². The number of carbonyl (C=O) groups excluding carboxylic acids is 1. The van der Waals surface area contributed by atoms with Crippen LogP contribution < -0.4 is 14.8 Å². The summed E-state index contributed by atoms with van der Waals surface area (Å²) in [6.45, 7) is 5.69. The lowest BCUT2D eigenvalue weighted by atomic mass is 10.1. The average Bonchev–Trinajstić information content (AvgIpc) is 3.02. The van der Waals surface area contributed by atoms with Gasteiger partial charge in [0.25, 0.3) is 5.91 Å². The van der Waals surface area contributed by atoms with Crippen LogP contribution in [0.3, 0.4) is 0 Å². The fourth-order valence-electron chi connectivity index (χ4n) is 2.62. The quantitative estimate of drug-likeness (QED) is 0.663. The lowest BCUT2D eigenvalue weighted by molar-refractivity contribution is -0.122. The van der Waals surface area contributed by atoms with E-state index in [0.29, 0.717) is 10.9 Å². The monoisotopic (exact) mass is 382 g/mol. The summed E-state index contributed by atoms with van der Waals surface area (Å²) in [6.07, 6.45) is -0.625. The number of carbonyl (C=O) groups is 1. The number of hydrogen-bond acceptors (Lipinski definition) is 5. The van der Waals surface area contributed by atoms with E-state index < -0.39 is 6.10 Å². The van der Waals surface area contributed by atoms with Crippen LogP contribution in [0.2, 0.25) is 0 Å². The number of amides is 1. The average molecular weight is 382 g/mol. The largest absolute Gasteiger partial charge is 0.497 e. The summed E-state index contributed by atoms with van der Waals surface area (Å²) in [6, 6.07) is 15.3. The number of nitrogens with one attached hydrogen (secondary N) is 1. The molecule has 1 amide bonds. The topological polar surface area (TPSA) is 60.5 Å². The van der Waals surface area contributed by atoms with Gasteiger partial charge in [0.05, 0.1) is 12.8 Å². The highest BCUT2D eigenvalue weighted by molar-refractivity contribution is 7.16. The van der Waals surface area contributed by atoms with Crippen molar-refractivity contribution in [2.75, 3.05) is 12.4 Å². The molecular formula is C21H22N2O3S. The van der Waals surface area contributed by atoms with Crippen LogP contribution in [0.25, 0.3) is 11.3 Å². The maximum absolute atomic E-state index is 12.5. The highest BCUT2D eigenvalue weighted by Crippen LogP contribution is 2.31. The van der Waals surface area contributed by atoms with Crippen LogP contribution in [0, 0.1) is 13.8 Å². The summed E-state index contributed by atoms with van der Waals surface area (Å²) in [4.78, 5) is 18.1. The molecular weight excluding hydrogens is 360 g/mol. The molecule has 0 saturated heterocycles. The van der Waals surface area contributed by atoms with Crippen LogP contribution in [0.15, 0.2) is 48.5 Å². The second-order valence-electron chi connectivity index (χ2n) is 6.22. The minimum atomic E-state index is -0.625. The summed E-state index contributed by atoms with van der Waals surface area (Å²) in [7, 11) is 1.64. The van der Waals surface area contributed by atoms with Crippen molar-refractivity contribution in [3.8, 4) is 22.8 Å². The Bertz CT molecular complexity index is 935. The van der Waals surface area contributed by atoms with Gasteiger partial charge in [0.1, 0.15) is 11.5 Å². The fourth-order valence-corrected chi connectivity index (χ4v) is 3.46. The third-order valence-electron chi connectivity index (χ3n) is 4.06. The summed E-state index contributed by atoms with van der Waals surface area (Å²) in [5.41, 5.74) is 2.92. The van der Waals surface area contributed by atoms with Crippen molar-refractivity contribution in [3.05, 3.63) is 59.0 Å². The number of nitrogens with zero attached hydrogens (tertiary/aromatic N) is 1. The number of rotatable bonds is 6. The fraction of sp³-hybridized carbons (Fsp3) is 0.238. The minimum absolute atomic E-state index is 0.230. The molecule has 5 nitrogen and oxygen atoms in total. The van der Waals surface area contributed by atoms with E-state index in [1.54, 1.807) is 14.0 Å². The molecule has 0 aliphatic carbocycles. The van der Waals surface area contributed by atoms with Crippen LogP contribution in [0.4, 0.5) is 5.13 Å². The molecule has 0 saturated carbocycles. The van der Waals surface area contributed by atoms with Crippen LogP contribution in [-0.2, 0) is 4.79 Å². The maximum Gasteiger partial charge on any atom is 0.266 e. The highest BCUT2D eigenvalue weighted by atomic mass is 32.1. The third-order valence-corrected chi connectivity index (χ3v) is 4.95. The standard InChI is InChI=1S/C21H22N2O3S/c1-13-6-5-7-18(12-13)26-14(2)20(24)23-21-22-19(15(3)27-21)16-8-10-17(25-4)11-9-16/h5-12,14H,1-4H3,(H,22,23,24)/t14-/m1/s1. The molecule has 0 unspecified atom stereocenters. The Morgan fingerprint density at radius 1 is 1.11 bits per heavy atom. The summed E-state index contributed by atoms with van der Waals surface area (Å²) in [5.74, 6) is 1.24. The van der Waals surface area contributed by atoms with E-state index in [4.69, 9.17) is 9.47 Å². The molecule has 0 aliphatic heterocycles. The molecule has 140 valence electrons. The lowest BCUT2D eigenvalue weighted by Gasteiger charge is -2.14. The number of benzene rings is 2. The Hall–Kier alpha value is -2.86. The van der Waals surface area contributed by atoms with Gasteiger partial charge in [-0.25, -0.2) is 4.98 Å². The molecule has 6 heteroatoms. The number of methoxy groups -OCH3 is 1. The number of hydrogen-bond donors (Lipinski definition) is 1. The van der Waals surface area contributed by atoms with Crippen LogP contribution in [0.5, 0.6) is 11.5 Å². The van der Waals surface area contributed by atoms with Gasteiger partial charge in [-0.05, 0) is 62.7 Å². The van der Waals surface area contributed by atoms with Gasteiger partial charge < -0.3 is 9.47 Å². The zero-order valence-corrected chi connectivity index (χ0v) is 16.6. The summed E-state index contributed by atoms with van der Waals surface area (Å²) >= 11 is 1.44. The van der Waals surface area contributed by atoms with E-state index in [0.717, 1.165) is 27.4 Å². The van der Waals surface area contributed by atoms with E-state index >= 15 is 0 Å². The van der Waals surface area contributed by atoms with Crippen molar-refractivity contribution in [1.82, 2.24) is 4.98 Å². The first-order valence-electron chi connectivity index (χ1n) is 8.62. The van der Waals surface area contributed by atoms with Crippen LogP contribution >= 0.6 is 11.3 Å². The Balaban J connectivity index is 1.69. The Labute approximate surface area is 163 Å². The van der Waals surface area contributed by atoms with Crippen molar-refractivity contribution < 1.29 is 14.3 Å². The van der Waals surface area contributed by atoms with Crippen molar-refractivity contribution in [1.29, 1.82) is 0 Å². The summed E-state index contributed by atoms with van der Waals surface area (Å²) < 4.78 is 10.9. The van der Waals surface area contributed by atoms with Crippen molar-refractivity contribution in [3.63, 3.8) is 0 Å². The molecule has 3 rings (SSSR count). The lowest BCUT2D eigenvalue weighted by Crippen LogP contribution is -2.30. The number of anilines is 1. The first-order chi connectivity index (χ1) is 13.0. The van der Waals surface area contributed by atoms with Gasteiger partial charge in [-0.1, -0.05) is 12.1 Å². The molecule has 3 aromatic rings. The predicted octanol–water partition coefficient (Wildman–Crippen LogP) is 4.84. The smallest absolute Gasteiger partial charge is 0.266 e. The highest BCUT2D eigenvalue weighted by Gasteiger charge is 2.18. The minimum Gasteiger partial charge on any atom is -0.497 e. The molecule has 0 spiro atoms. The summed E-state index contributed by atoms with van der Waals surface area (Å²) in [5, 5.41) is 3.41. The molecule has 1 atom stereocenters. The Kier molecular flexibility index (Phi) is 5.76. The van der Waals surface area contributed by atoms with Gasteiger partial charge in [-0.3, -0.25) is 10.1 Å². The Morgan fingerprint density at radius 2 is 1.85 bits per heavy atom. The van der Waals surface area contributed by atoms with E-state index in [-0.39, 0.29) is 5.91 Å². The van der Waals surface area contributed by atoms with Gasteiger partial charge in [-0.2, -0.15) is 0 Å². The first kappa shape index (κ1) is 18.9. The van der Waals surface area contributed by atoms with E-state index in [1.807, 2.05) is 62.4 Å².